The van der Waals surface area contributed by atoms with Gasteiger partial charge in [0, 0.05) is 41.0 Å². The Labute approximate surface area is 184 Å². The number of amides is 1. The number of rotatable bonds is 4. The molecule has 1 aliphatic rings. The van der Waals surface area contributed by atoms with Crippen molar-refractivity contribution in [3.05, 3.63) is 75.9 Å². The van der Waals surface area contributed by atoms with E-state index < -0.39 is 0 Å². The normalized spacial score (nSPS) is 13.2. The third-order valence-corrected chi connectivity index (χ3v) is 6.27. The van der Waals surface area contributed by atoms with Crippen LogP contribution in [0.25, 0.3) is 0 Å². The second-order valence-corrected chi connectivity index (χ2v) is 8.66. The maximum atomic E-state index is 11.3. The quantitative estimate of drug-likeness (QED) is 0.582. The smallest absolute Gasteiger partial charge is 0.221 e. The topological polar surface area (TPSA) is 69.6 Å². The summed E-state index contributed by atoms with van der Waals surface area (Å²) < 4.78 is 0. The summed E-state index contributed by atoms with van der Waals surface area (Å²) in [6.07, 6.45) is 3.56. The summed E-state index contributed by atoms with van der Waals surface area (Å²) in [5, 5.41) is 14.5. The highest BCUT2D eigenvalue weighted by atomic mass is 32.1. The number of nitrogens with zero attached hydrogens (tertiary/aromatic N) is 3. The fourth-order valence-corrected chi connectivity index (χ4v) is 4.60. The molecule has 0 unspecified atom stereocenters. The molecule has 2 aromatic heterocycles. The number of anilines is 2. The minimum atomic E-state index is -0.0988. The number of hydrogen-bond acceptors (Lipinski definition) is 5. The zero-order chi connectivity index (χ0) is 21.3. The molecule has 152 valence electrons. The summed E-state index contributed by atoms with van der Waals surface area (Å²) in [4.78, 5) is 16.8. The van der Waals surface area contributed by atoms with Crippen molar-refractivity contribution < 1.29 is 4.79 Å². The van der Waals surface area contributed by atoms with E-state index in [2.05, 4.69) is 29.5 Å². The summed E-state index contributed by atoms with van der Waals surface area (Å²) in [5.74, 6) is -0.0988. The molecule has 0 atom stereocenters. The second kappa shape index (κ2) is 8.33. The molecule has 0 radical (unpaired) electrons. The fourth-order valence-electron chi connectivity index (χ4n) is 3.27. The van der Waals surface area contributed by atoms with Crippen molar-refractivity contribution in [2.75, 3.05) is 10.6 Å². The molecule has 3 heterocycles. The summed E-state index contributed by atoms with van der Waals surface area (Å²) in [7, 11) is 0. The highest BCUT2D eigenvalue weighted by Crippen LogP contribution is 2.36. The van der Waals surface area contributed by atoms with E-state index in [0.717, 1.165) is 33.1 Å². The molecular formula is C22H21N5OS2. The Morgan fingerprint density at radius 3 is 2.67 bits per heavy atom. The molecule has 2 N–H and O–H groups in total. The first-order valence-electron chi connectivity index (χ1n) is 9.47. The van der Waals surface area contributed by atoms with Crippen molar-refractivity contribution in [1.82, 2.24) is 9.99 Å². The van der Waals surface area contributed by atoms with Crippen molar-refractivity contribution in [3.63, 3.8) is 0 Å². The fraction of sp³-hybridized carbons (Fsp3) is 0.182. The molecule has 1 aromatic carbocycles. The molecule has 0 saturated heterocycles. The van der Waals surface area contributed by atoms with Crippen LogP contribution in [0.2, 0.25) is 0 Å². The van der Waals surface area contributed by atoms with Crippen molar-refractivity contribution in [2.24, 2.45) is 5.10 Å². The average molecular weight is 436 g/mol. The number of carbonyl (C=O) groups excluding carboxylic acids is 1. The van der Waals surface area contributed by atoms with Gasteiger partial charge >= 0.3 is 0 Å². The van der Waals surface area contributed by atoms with E-state index in [1.54, 1.807) is 22.5 Å². The zero-order valence-corrected chi connectivity index (χ0v) is 18.5. The number of pyridine rings is 1. The summed E-state index contributed by atoms with van der Waals surface area (Å²) in [5.41, 5.74) is 5.80. The number of hydrogen-bond donors (Lipinski definition) is 2. The number of thiocarbonyl (C=S) groups is 1. The Balaban J connectivity index is 1.79. The summed E-state index contributed by atoms with van der Waals surface area (Å²) in [6.45, 7) is 6.22. The lowest BCUT2D eigenvalue weighted by Crippen LogP contribution is -2.29. The van der Waals surface area contributed by atoms with E-state index in [1.165, 1.54) is 17.4 Å². The molecule has 0 saturated carbocycles. The Hall–Kier alpha value is -3.10. The van der Waals surface area contributed by atoms with Crippen LogP contribution in [0.4, 0.5) is 10.7 Å². The minimum absolute atomic E-state index is 0.0988. The zero-order valence-electron chi connectivity index (χ0n) is 16.9. The third-order valence-electron chi connectivity index (χ3n) is 4.83. The molecule has 3 aromatic rings. The van der Waals surface area contributed by atoms with Crippen molar-refractivity contribution in [3.8, 4) is 0 Å². The number of fused-ring (bicyclic) bond motifs is 1. The SMILES string of the molecule is CC(=O)Nc1ccc(C2=NN(Cc3cccnc3)C(=S)Nc3sc(C)c(C)c32)cc1. The van der Waals surface area contributed by atoms with E-state index in [0.29, 0.717) is 11.7 Å². The van der Waals surface area contributed by atoms with E-state index in [4.69, 9.17) is 17.3 Å². The van der Waals surface area contributed by atoms with Crippen LogP contribution in [-0.4, -0.2) is 26.7 Å². The number of aryl methyl sites for hydroxylation is 1. The predicted octanol–water partition coefficient (Wildman–Crippen LogP) is 4.68. The van der Waals surface area contributed by atoms with Gasteiger partial charge in [-0.2, -0.15) is 5.10 Å². The van der Waals surface area contributed by atoms with E-state index in [1.807, 2.05) is 42.6 Å². The molecule has 1 amide bonds. The van der Waals surface area contributed by atoms with Gasteiger partial charge in [-0.3, -0.25) is 9.78 Å². The predicted molar refractivity (Wildman–Crippen MR) is 126 cm³/mol. The third kappa shape index (κ3) is 4.10. The Morgan fingerprint density at radius 1 is 1.23 bits per heavy atom. The maximum absolute atomic E-state index is 11.3. The van der Waals surface area contributed by atoms with Gasteiger partial charge in [-0.25, -0.2) is 5.01 Å². The van der Waals surface area contributed by atoms with Gasteiger partial charge in [0.2, 0.25) is 5.91 Å². The minimum Gasteiger partial charge on any atom is -0.326 e. The molecule has 6 nitrogen and oxygen atoms in total. The maximum Gasteiger partial charge on any atom is 0.221 e. The number of hydrazone groups is 1. The summed E-state index contributed by atoms with van der Waals surface area (Å²) in [6, 6.07) is 11.6. The monoisotopic (exact) mass is 435 g/mol. The van der Waals surface area contributed by atoms with Gasteiger partial charge < -0.3 is 10.6 Å². The lowest BCUT2D eigenvalue weighted by atomic mass is 10.00. The number of benzene rings is 1. The van der Waals surface area contributed by atoms with Crippen LogP contribution in [0.5, 0.6) is 0 Å². The highest BCUT2D eigenvalue weighted by Gasteiger charge is 2.26. The molecule has 0 fully saturated rings. The largest absolute Gasteiger partial charge is 0.326 e. The molecule has 4 rings (SSSR count). The van der Waals surface area contributed by atoms with Crippen LogP contribution in [0, 0.1) is 13.8 Å². The van der Waals surface area contributed by atoms with Crippen molar-refractivity contribution >= 4 is 51.0 Å². The van der Waals surface area contributed by atoms with Crippen LogP contribution >= 0.6 is 23.6 Å². The number of nitrogens with one attached hydrogen (secondary N) is 2. The average Bonchev–Trinajstić information content (AvgIpc) is 2.91. The van der Waals surface area contributed by atoms with Crippen LogP contribution in [-0.2, 0) is 11.3 Å². The van der Waals surface area contributed by atoms with E-state index >= 15 is 0 Å². The van der Waals surface area contributed by atoms with Crippen LogP contribution in [0.15, 0.2) is 53.9 Å². The van der Waals surface area contributed by atoms with Gasteiger partial charge in [0.25, 0.3) is 0 Å². The Morgan fingerprint density at radius 2 is 2.00 bits per heavy atom. The number of aromatic nitrogens is 1. The lowest BCUT2D eigenvalue weighted by Gasteiger charge is -2.19. The van der Waals surface area contributed by atoms with E-state index in [-0.39, 0.29) is 5.91 Å². The second-order valence-electron chi connectivity index (χ2n) is 7.04. The molecule has 0 bridgehead atoms. The molecular weight excluding hydrogens is 414 g/mol. The number of carbonyl (C=O) groups is 1. The van der Waals surface area contributed by atoms with Crippen LogP contribution < -0.4 is 10.6 Å². The lowest BCUT2D eigenvalue weighted by molar-refractivity contribution is -0.114. The molecule has 30 heavy (non-hydrogen) atoms. The van der Waals surface area contributed by atoms with Gasteiger partial charge in [-0.05, 0) is 55.4 Å². The van der Waals surface area contributed by atoms with Crippen molar-refractivity contribution in [1.29, 1.82) is 0 Å². The first-order valence-corrected chi connectivity index (χ1v) is 10.7. The molecule has 0 aliphatic carbocycles. The Kier molecular flexibility index (Phi) is 5.61. The van der Waals surface area contributed by atoms with Gasteiger partial charge in [-0.15, -0.1) is 11.3 Å². The standard InChI is InChI=1S/C22H21N5OS2/c1-13-14(2)30-21-19(13)20(17-6-8-18(9-7-17)24-15(3)28)26-27(22(29)25-21)12-16-5-4-10-23-11-16/h4-11H,12H2,1-3H3,(H,24,28)(H,25,29). The molecule has 8 heteroatoms. The molecule has 1 aliphatic heterocycles. The number of thiophene rings is 1. The van der Waals surface area contributed by atoms with Crippen LogP contribution in [0.1, 0.15) is 34.1 Å². The molecule has 0 spiro atoms. The highest BCUT2D eigenvalue weighted by molar-refractivity contribution is 7.80. The first kappa shape index (κ1) is 20.2. The first-order chi connectivity index (χ1) is 14.4. The Bertz CT molecular complexity index is 1140. The van der Waals surface area contributed by atoms with Crippen molar-refractivity contribution in [2.45, 2.75) is 27.3 Å². The van der Waals surface area contributed by atoms with Gasteiger partial charge in [0.15, 0.2) is 5.11 Å². The summed E-state index contributed by atoms with van der Waals surface area (Å²) >= 11 is 7.34. The van der Waals surface area contributed by atoms with Gasteiger partial charge in [-0.1, -0.05) is 18.2 Å². The van der Waals surface area contributed by atoms with Gasteiger partial charge in [0.1, 0.15) is 10.7 Å². The van der Waals surface area contributed by atoms with Crippen LogP contribution in [0.3, 0.4) is 0 Å². The van der Waals surface area contributed by atoms with Gasteiger partial charge in [0.05, 0.1) is 6.54 Å². The van der Waals surface area contributed by atoms with E-state index in [9.17, 15) is 4.79 Å².